The van der Waals surface area contributed by atoms with Gasteiger partial charge in [0, 0.05) is 24.8 Å². The molecule has 166 valence electrons. The lowest BCUT2D eigenvalue weighted by Gasteiger charge is -2.32. The molecule has 33 heavy (non-hydrogen) atoms. The van der Waals surface area contributed by atoms with Crippen LogP contribution in [0, 0.1) is 6.92 Å². The van der Waals surface area contributed by atoms with Gasteiger partial charge in [-0.25, -0.2) is 14.6 Å². The van der Waals surface area contributed by atoms with E-state index in [2.05, 4.69) is 16.5 Å². The van der Waals surface area contributed by atoms with E-state index in [1.807, 2.05) is 71.2 Å². The zero-order valence-electron chi connectivity index (χ0n) is 18.5. The Bertz CT molecular complexity index is 1320. The number of hydrogen-bond donors (Lipinski definition) is 0. The lowest BCUT2D eigenvalue weighted by Crippen LogP contribution is -2.40. The SMILES string of the molecule is C=CC(=O)N1CCC[C@H](n2nc(-c3ccc(Oc4ccccc4)cc3C)c3cncnc32)C1. The molecule has 0 N–H and O–H groups in total. The summed E-state index contributed by atoms with van der Waals surface area (Å²) in [6.45, 7) is 7.01. The summed E-state index contributed by atoms with van der Waals surface area (Å²) >= 11 is 0. The molecule has 0 saturated carbocycles. The Morgan fingerprint density at radius 1 is 1.18 bits per heavy atom. The largest absolute Gasteiger partial charge is 0.457 e. The van der Waals surface area contributed by atoms with Gasteiger partial charge in [0.2, 0.25) is 5.91 Å². The van der Waals surface area contributed by atoms with Crippen molar-refractivity contribution in [3.05, 3.63) is 79.3 Å². The summed E-state index contributed by atoms with van der Waals surface area (Å²) in [6, 6.07) is 15.8. The second-order valence-corrected chi connectivity index (χ2v) is 8.23. The normalized spacial score (nSPS) is 16.0. The number of para-hydroxylation sites is 1. The van der Waals surface area contributed by atoms with Crippen LogP contribution in [0.25, 0.3) is 22.3 Å². The summed E-state index contributed by atoms with van der Waals surface area (Å²) in [6.07, 6.45) is 6.58. The summed E-state index contributed by atoms with van der Waals surface area (Å²) in [5.74, 6) is 1.52. The molecule has 7 heteroatoms. The van der Waals surface area contributed by atoms with E-state index in [4.69, 9.17) is 9.84 Å². The Hall–Kier alpha value is -4.00. The van der Waals surface area contributed by atoms with E-state index >= 15 is 0 Å². The van der Waals surface area contributed by atoms with Gasteiger partial charge in [0.05, 0.1) is 11.4 Å². The number of benzene rings is 2. The van der Waals surface area contributed by atoms with Crippen LogP contribution in [0.2, 0.25) is 0 Å². The molecule has 5 rings (SSSR count). The van der Waals surface area contributed by atoms with Gasteiger partial charge < -0.3 is 9.64 Å². The van der Waals surface area contributed by atoms with Crippen LogP contribution in [0.1, 0.15) is 24.4 Å². The predicted molar refractivity (Wildman–Crippen MR) is 127 cm³/mol. The number of aryl methyl sites for hydroxylation is 1. The van der Waals surface area contributed by atoms with Gasteiger partial charge in [-0.2, -0.15) is 5.10 Å². The number of nitrogens with zero attached hydrogens (tertiary/aromatic N) is 5. The van der Waals surface area contributed by atoms with Gasteiger partial charge in [0.25, 0.3) is 0 Å². The fraction of sp³-hybridized carbons (Fsp3) is 0.231. The zero-order chi connectivity index (χ0) is 22.8. The molecule has 4 aromatic rings. The van der Waals surface area contributed by atoms with Crippen molar-refractivity contribution < 1.29 is 9.53 Å². The van der Waals surface area contributed by atoms with E-state index in [0.717, 1.165) is 58.7 Å². The first-order valence-corrected chi connectivity index (χ1v) is 11.1. The lowest BCUT2D eigenvalue weighted by atomic mass is 10.0. The van der Waals surface area contributed by atoms with Crippen LogP contribution >= 0.6 is 0 Å². The molecule has 0 unspecified atom stereocenters. The molecule has 1 amide bonds. The molecule has 0 bridgehead atoms. The van der Waals surface area contributed by atoms with Crippen molar-refractivity contribution in [2.75, 3.05) is 13.1 Å². The standard InChI is InChI=1S/C26H25N5O2/c1-3-24(32)30-13-7-8-19(16-30)31-26-23(15-27-17-28-26)25(29-31)22-12-11-21(14-18(22)2)33-20-9-5-4-6-10-20/h3-6,9-12,14-15,17,19H,1,7-8,13,16H2,2H3/t19-/m0/s1. The monoisotopic (exact) mass is 439 g/mol. The van der Waals surface area contributed by atoms with Gasteiger partial charge in [-0.3, -0.25) is 4.79 Å². The van der Waals surface area contributed by atoms with Gasteiger partial charge in [-0.1, -0.05) is 24.8 Å². The minimum Gasteiger partial charge on any atom is -0.457 e. The maximum absolute atomic E-state index is 12.2. The van der Waals surface area contributed by atoms with Gasteiger partial charge in [0.1, 0.15) is 23.5 Å². The first-order chi connectivity index (χ1) is 16.1. The molecule has 3 heterocycles. The summed E-state index contributed by atoms with van der Waals surface area (Å²) in [7, 11) is 0. The van der Waals surface area contributed by atoms with E-state index in [9.17, 15) is 4.79 Å². The fourth-order valence-electron chi connectivity index (χ4n) is 4.41. The fourth-order valence-corrected chi connectivity index (χ4v) is 4.41. The molecular weight excluding hydrogens is 414 g/mol. The van der Waals surface area contributed by atoms with Gasteiger partial charge in [-0.05, 0) is 61.7 Å². The average Bonchev–Trinajstić information content (AvgIpc) is 3.24. The first kappa shape index (κ1) is 20.9. The Morgan fingerprint density at radius 2 is 2.03 bits per heavy atom. The van der Waals surface area contributed by atoms with Crippen LogP contribution in [0.5, 0.6) is 11.5 Å². The third-order valence-corrected chi connectivity index (χ3v) is 6.03. The Balaban J connectivity index is 1.50. The Kier molecular flexibility index (Phi) is 5.60. The van der Waals surface area contributed by atoms with Crippen LogP contribution in [-0.2, 0) is 4.79 Å². The highest BCUT2D eigenvalue weighted by molar-refractivity contribution is 5.91. The van der Waals surface area contributed by atoms with Crippen molar-refractivity contribution in [1.29, 1.82) is 0 Å². The van der Waals surface area contributed by atoms with Crippen molar-refractivity contribution in [3.8, 4) is 22.8 Å². The van der Waals surface area contributed by atoms with Crippen molar-refractivity contribution in [2.45, 2.75) is 25.8 Å². The third-order valence-electron chi connectivity index (χ3n) is 6.03. The molecule has 0 aliphatic carbocycles. The van der Waals surface area contributed by atoms with Gasteiger partial charge in [0.15, 0.2) is 5.65 Å². The molecule has 2 aromatic heterocycles. The average molecular weight is 440 g/mol. The van der Waals surface area contributed by atoms with E-state index in [0.29, 0.717) is 6.54 Å². The van der Waals surface area contributed by atoms with Crippen LogP contribution in [0.15, 0.2) is 73.7 Å². The number of hydrogen-bond acceptors (Lipinski definition) is 5. The number of piperidine rings is 1. The van der Waals surface area contributed by atoms with Gasteiger partial charge in [-0.15, -0.1) is 0 Å². The topological polar surface area (TPSA) is 73.1 Å². The number of likely N-dealkylation sites (tertiary alicyclic amines) is 1. The number of carbonyl (C=O) groups excluding carboxylic acids is 1. The minimum absolute atomic E-state index is 0.0455. The molecule has 1 saturated heterocycles. The van der Waals surface area contributed by atoms with Crippen molar-refractivity contribution >= 4 is 16.9 Å². The van der Waals surface area contributed by atoms with Crippen molar-refractivity contribution in [3.63, 3.8) is 0 Å². The smallest absolute Gasteiger partial charge is 0.246 e. The molecule has 1 aliphatic rings. The highest BCUT2D eigenvalue weighted by atomic mass is 16.5. The van der Waals surface area contributed by atoms with Crippen LogP contribution in [0.4, 0.5) is 0 Å². The second kappa shape index (κ2) is 8.86. The number of carbonyl (C=O) groups is 1. The highest BCUT2D eigenvalue weighted by Gasteiger charge is 2.27. The summed E-state index contributed by atoms with van der Waals surface area (Å²) in [4.78, 5) is 22.8. The van der Waals surface area contributed by atoms with Crippen LogP contribution in [-0.4, -0.2) is 43.6 Å². The number of amides is 1. The third kappa shape index (κ3) is 4.09. The second-order valence-electron chi connectivity index (χ2n) is 8.23. The van der Waals surface area contributed by atoms with E-state index in [1.165, 1.54) is 6.08 Å². The maximum Gasteiger partial charge on any atom is 0.246 e. The maximum atomic E-state index is 12.2. The van der Waals surface area contributed by atoms with E-state index in [-0.39, 0.29) is 11.9 Å². The van der Waals surface area contributed by atoms with Crippen molar-refractivity contribution in [1.82, 2.24) is 24.6 Å². The molecular formula is C26H25N5O2. The van der Waals surface area contributed by atoms with Gasteiger partial charge >= 0.3 is 0 Å². The molecule has 0 spiro atoms. The summed E-state index contributed by atoms with van der Waals surface area (Å²) in [5, 5.41) is 5.88. The molecule has 2 aromatic carbocycles. The highest BCUT2D eigenvalue weighted by Crippen LogP contribution is 2.34. The Morgan fingerprint density at radius 3 is 2.82 bits per heavy atom. The lowest BCUT2D eigenvalue weighted by molar-refractivity contribution is -0.127. The molecule has 0 radical (unpaired) electrons. The first-order valence-electron chi connectivity index (χ1n) is 11.1. The molecule has 1 atom stereocenters. The zero-order valence-corrected chi connectivity index (χ0v) is 18.5. The Labute approximate surface area is 192 Å². The predicted octanol–water partition coefficient (Wildman–Crippen LogP) is 4.94. The van der Waals surface area contributed by atoms with E-state index in [1.54, 1.807) is 6.33 Å². The molecule has 7 nitrogen and oxygen atoms in total. The quantitative estimate of drug-likeness (QED) is 0.412. The van der Waals surface area contributed by atoms with Crippen molar-refractivity contribution in [2.24, 2.45) is 0 Å². The summed E-state index contributed by atoms with van der Waals surface area (Å²) in [5.41, 5.74) is 3.66. The minimum atomic E-state index is -0.0455. The number of fused-ring (bicyclic) bond motifs is 1. The van der Waals surface area contributed by atoms with E-state index < -0.39 is 0 Å². The number of ether oxygens (including phenoxy) is 1. The number of rotatable bonds is 5. The molecule has 1 aliphatic heterocycles. The number of aromatic nitrogens is 4. The van der Waals surface area contributed by atoms with Crippen LogP contribution < -0.4 is 4.74 Å². The summed E-state index contributed by atoms with van der Waals surface area (Å²) < 4.78 is 7.95. The van der Waals surface area contributed by atoms with Crippen LogP contribution in [0.3, 0.4) is 0 Å². The molecule has 1 fully saturated rings.